The molecule has 2 rings (SSSR count). The molecule has 1 aliphatic rings. The maximum absolute atomic E-state index is 5.49. The van der Waals surface area contributed by atoms with Gasteiger partial charge >= 0.3 is 0 Å². The van der Waals surface area contributed by atoms with Gasteiger partial charge in [-0.2, -0.15) is 0 Å². The van der Waals surface area contributed by atoms with Crippen LogP contribution < -0.4 is 14.8 Å². The average molecular weight is 278 g/mol. The summed E-state index contributed by atoms with van der Waals surface area (Å²) in [7, 11) is 5.55. The maximum Gasteiger partial charge on any atom is 0.165 e. The van der Waals surface area contributed by atoms with Crippen molar-refractivity contribution in [1.29, 1.82) is 0 Å². The third kappa shape index (κ3) is 3.87. The van der Waals surface area contributed by atoms with Gasteiger partial charge in [-0.1, -0.05) is 12.1 Å². The van der Waals surface area contributed by atoms with Gasteiger partial charge in [0.15, 0.2) is 11.5 Å². The Bertz CT molecular complexity index is 417. The van der Waals surface area contributed by atoms with Crippen LogP contribution in [0.2, 0.25) is 0 Å². The number of para-hydroxylation sites is 1. The number of hydrogen-bond acceptors (Lipinski definition) is 4. The molecule has 0 spiro atoms. The van der Waals surface area contributed by atoms with Crippen molar-refractivity contribution >= 4 is 0 Å². The molecule has 1 unspecified atom stereocenters. The van der Waals surface area contributed by atoms with E-state index in [2.05, 4.69) is 23.3 Å². The van der Waals surface area contributed by atoms with E-state index in [-0.39, 0.29) is 0 Å². The number of nitrogens with one attached hydrogen (secondary N) is 1. The van der Waals surface area contributed by atoms with Crippen LogP contribution in [0.4, 0.5) is 0 Å². The number of benzene rings is 1. The highest BCUT2D eigenvalue weighted by Crippen LogP contribution is 2.31. The second kappa shape index (κ2) is 7.50. The third-order valence-corrected chi connectivity index (χ3v) is 3.89. The van der Waals surface area contributed by atoms with E-state index in [1.807, 2.05) is 12.1 Å². The molecule has 1 N–H and O–H groups in total. The van der Waals surface area contributed by atoms with Crippen LogP contribution in [0.1, 0.15) is 18.4 Å². The van der Waals surface area contributed by atoms with Gasteiger partial charge in [0.05, 0.1) is 14.2 Å². The van der Waals surface area contributed by atoms with Gasteiger partial charge in [-0.15, -0.1) is 0 Å². The lowest BCUT2D eigenvalue weighted by Gasteiger charge is -2.28. The van der Waals surface area contributed by atoms with Gasteiger partial charge in [0.25, 0.3) is 0 Å². The molecule has 4 heteroatoms. The molecule has 0 bridgehead atoms. The van der Waals surface area contributed by atoms with Crippen molar-refractivity contribution < 1.29 is 9.47 Å². The zero-order valence-electron chi connectivity index (χ0n) is 12.8. The summed E-state index contributed by atoms with van der Waals surface area (Å²) in [4.78, 5) is 2.37. The molecule has 1 fully saturated rings. The van der Waals surface area contributed by atoms with E-state index in [4.69, 9.17) is 9.47 Å². The van der Waals surface area contributed by atoms with Crippen LogP contribution in [-0.4, -0.2) is 45.8 Å². The monoisotopic (exact) mass is 278 g/mol. The van der Waals surface area contributed by atoms with Crippen LogP contribution in [0.25, 0.3) is 0 Å². The summed E-state index contributed by atoms with van der Waals surface area (Å²) in [6.45, 7) is 4.31. The van der Waals surface area contributed by atoms with E-state index in [0.717, 1.165) is 37.1 Å². The maximum atomic E-state index is 5.49. The van der Waals surface area contributed by atoms with Crippen molar-refractivity contribution in [2.24, 2.45) is 5.92 Å². The zero-order chi connectivity index (χ0) is 14.4. The minimum atomic E-state index is 0.755. The number of nitrogens with zero attached hydrogens (tertiary/aromatic N) is 1. The fourth-order valence-electron chi connectivity index (χ4n) is 2.95. The fraction of sp³-hybridized carbons (Fsp3) is 0.625. The van der Waals surface area contributed by atoms with E-state index >= 15 is 0 Å². The van der Waals surface area contributed by atoms with E-state index in [1.54, 1.807) is 14.2 Å². The SMILES string of the molecule is COc1cccc(CN(C)CC2CCCNC2)c1OC. The first-order chi connectivity index (χ1) is 9.74. The number of hydrogen-bond donors (Lipinski definition) is 1. The van der Waals surface area contributed by atoms with Crippen LogP contribution >= 0.6 is 0 Å². The Balaban J connectivity index is 1.97. The minimum absolute atomic E-state index is 0.755. The first-order valence-corrected chi connectivity index (χ1v) is 7.33. The lowest BCUT2D eigenvalue weighted by Crippen LogP contribution is -2.36. The predicted molar refractivity (Wildman–Crippen MR) is 81.5 cm³/mol. The molecule has 20 heavy (non-hydrogen) atoms. The van der Waals surface area contributed by atoms with Gasteiger partial charge in [0.1, 0.15) is 0 Å². The van der Waals surface area contributed by atoms with E-state index in [1.165, 1.54) is 24.9 Å². The quantitative estimate of drug-likeness (QED) is 0.864. The van der Waals surface area contributed by atoms with E-state index in [9.17, 15) is 0 Å². The fourth-order valence-corrected chi connectivity index (χ4v) is 2.95. The Morgan fingerprint density at radius 2 is 2.15 bits per heavy atom. The average Bonchev–Trinajstić information content (AvgIpc) is 2.47. The second-order valence-corrected chi connectivity index (χ2v) is 5.56. The molecule has 1 aromatic rings. The van der Waals surface area contributed by atoms with Gasteiger partial charge in [-0.05, 0) is 45.0 Å². The van der Waals surface area contributed by atoms with Crippen LogP contribution in [0, 0.1) is 5.92 Å². The van der Waals surface area contributed by atoms with E-state index in [0.29, 0.717) is 0 Å². The van der Waals surface area contributed by atoms with E-state index < -0.39 is 0 Å². The summed E-state index contributed by atoms with van der Waals surface area (Å²) < 4.78 is 10.8. The summed E-state index contributed by atoms with van der Waals surface area (Å²) in [5.41, 5.74) is 1.18. The van der Waals surface area contributed by atoms with Gasteiger partial charge in [-0.25, -0.2) is 0 Å². The Morgan fingerprint density at radius 3 is 2.80 bits per heavy atom. The van der Waals surface area contributed by atoms with Crippen molar-refractivity contribution in [2.45, 2.75) is 19.4 Å². The molecule has 0 amide bonds. The van der Waals surface area contributed by atoms with Crippen LogP contribution in [0.15, 0.2) is 18.2 Å². The smallest absolute Gasteiger partial charge is 0.165 e. The number of ether oxygens (including phenoxy) is 2. The predicted octanol–water partition coefficient (Wildman–Crippen LogP) is 2.14. The van der Waals surface area contributed by atoms with Crippen LogP contribution in [0.5, 0.6) is 11.5 Å². The molecule has 0 aliphatic carbocycles. The first kappa shape index (κ1) is 15.1. The molecule has 112 valence electrons. The highest BCUT2D eigenvalue weighted by atomic mass is 16.5. The van der Waals surface area contributed by atoms with Gasteiger partial charge in [0, 0.05) is 18.7 Å². The molecule has 1 aliphatic heterocycles. The van der Waals surface area contributed by atoms with Gasteiger partial charge < -0.3 is 19.7 Å². The van der Waals surface area contributed by atoms with Gasteiger partial charge in [-0.3, -0.25) is 0 Å². The van der Waals surface area contributed by atoms with Gasteiger partial charge in [0.2, 0.25) is 0 Å². The van der Waals surface area contributed by atoms with Crippen molar-refractivity contribution in [3.63, 3.8) is 0 Å². The van der Waals surface area contributed by atoms with Crippen molar-refractivity contribution in [3.8, 4) is 11.5 Å². The molecule has 0 saturated carbocycles. The van der Waals surface area contributed by atoms with Crippen molar-refractivity contribution in [1.82, 2.24) is 10.2 Å². The Morgan fingerprint density at radius 1 is 1.30 bits per heavy atom. The summed E-state index contributed by atoms with van der Waals surface area (Å²) >= 11 is 0. The molecule has 0 aromatic heterocycles. The van der Waals surface area contributed by atoms with Crippen molar-refractivity contribution in [3.05, 3.63) is 23.8 Å². The Kier molecular flexibility index (Phi) is 5.68. The lowest BCUT2D eigenvalue weighted by molar-refractivity contribution is 0.234. The summed E-state index contributed by atoms with van der Waals surface area (Å²) in [6, 6.07) is 6.07. The number of methoxy groups -OCH3 is 2. The minimum Gasteiger partial charge on any atom is -0.493 e. The molecule has 0 radical (unpaired) electrons. The number of rotatable bonds is 6. The molecular weight excluding hydrogens is 252 g/mol. The Labute approximate surface area is 122 Å². The molecule has 4 nitrogen and oxygen atoms in total. The highest BCUT2D eigenvalue weighted by Gasteiger charge is 2.17. The first-order valence-electron chi connectivity index (χ1n) is 7.33. The standard InChI is InChI=1S/C16H26N2O2/c1-18(11-13-6-5-9-17-10-13)12-14-7-4-8-15(19-2)16(14)20-3/h4,7-8,13,17H,5-6,9-12H2,1-3H3. The zero-order valence-corrected chi connectivity index (χ0v) is 12.8. The van der Waals surface area contributed by atoms with Crippen molar-refractivity contribution in [2.75, 3.05) is 40.9 Å². The lowest BCUT2D eigenvalue weighted by atomic mass is 9.99. The molecular formula is C16H26N2O2. The van der Waals surface area contributed by atoms with Crippen LogP contribution in [0.3, 0.4) is 0 Å². The number of piperidine rings is 1. The molecule has 1 aromatic carbocycles. The van der Waals surface area contributed by atoms with Crippen LogP contribution in [-0.2, 0) is 6.54 Å². The highest BCUT2D eigenvalue weighted by molar-refractivity contribution is 5.46. The molecule has 1 heterocycles. The third-order valence-electron chi connectivity index (χ3n) is 3.89. The molecule has 1 saturated heterocycles. The summed E-state index contributed by atoms with van der Waals surface area (Å²) in [5, 5.41) is 3.47. The normalized spacial score (nSPS) is 19.1. The summed E-state index contributed by atoms with van der Waals surface area (Å²) in [6.07, 6.45) is 2.62. The second-order valence-electron chi connectivity index (χ2n) is 5.56. The largest absolute Gasteiger partial charge is 0.493 e. The topological polar surface area (TPSA) is 33.7 Å². The Hall–Kier alpha value is -1.26. The summed E-state index contributed by atoms with van der Waals surface area (Å²) in [5.74, 6) is 2.41. The molecule has 1 atom stereocenters.